The number of aryl methyl sites for hydroxylation is 1. The minimum absolute atomic E-state index is 0.210. The zero-order chi connectivity index (χ0) is 25.5. The van der Waals surface area contributed by atoms with Crippen molar-refractivity contribution in [2.45, 2.75) is 68.8 Å². The lowest BCUT2D eigenvalue weighted by atomic mass is 9.93. The van der Waals surface area contributed by atoms with Crippen molar-refractivity contribution in [2.24, 2.45) is 5.92 Å². The van der Waals surface area contributed by atoms with Crippen molar-refractivity contribution in [1.82, 2.24) is 0 Å². The van der Waals surface area contributed by atoms with Crippen LogP contribution in [0.4, 0.5) is 30.7 Å². The summed E-state index contributed by atoms with van der Waals surface area (Å²) in [6, 6.07) is 15.0. The van der Waals surface area contributed by atoms with Crippen molar-refractivity contribution in [1.29, 1.82) is 0 Å². The van der Waals surface area contributed by atoms with Crippen LogP contribution in [0.1, 0.15) is 37.7 Å². The molecule has 0 amide bonds. The molecule has 1 aliphatic rings. The Hall–Kier alpha value is -2.03. The molecule has 0 aromatic heterocycles. The van der Waals surface area contributed by atoms with Gasteiger partial charge in [-0.15, -0.1) is 0 Å². The van der Waals surface area contributed by atoms with Gasteiger partial charge in [0.15, 0.2) is 18.2 Å². The van der Waals surface area contributed by atoms with Crippen LogP contribution in [0.3, 0.4) is 0 Å². The van der Waals surface area contributed by atoms with Gasteiger partial charge in [-0.1, -0.05) is 67.7 Å². The van der Waals surface area contributed by atoms with Gasteiger partial charge < -0.3 is 4.74 Å². The summed E-state index contributed by atoms with van der Waals surface area (Å²) in [7, 11) is -0.288. The third-order valence-electron chi connectivity index (χ3n) is 6.61. The van der Waals surface area contributed by atoms with E-state index in [1.54, 1.807) is 0 Å². The molecule has 9 heteroatoms. The fraction of sp³-hybridized carbons (Fsp3) is 0.538. The lowest BCUT2D eigenvalue weighted by molar-refractivity contribution is -0.290. The molecule has 0 unspecified atom stereocenters. The molecule has 3 rings (SSSR count). The van der Waals surface area contributed by atoms with E-state index in [4.69, 9.17) is 0 Å². The first-order valence-electron chi connectivity index (χ1n) is 11.9. The lowest BCUT2D eigenvalue weighted by Gasteiger charge is -2.27. The maximum absolute atomic E-state index is 14.3. The van der Waals surface area contributed by atoms with Crippen LogP contribution in [0.25, 0.3) is 11.1 Å². The van der Waals surface area contributed by atoms with Crippen molar-refractivity contribution in [3.05, 3.63) is 53.8 Å². The highest BCUT2D eigenvalue weighted by Gasteiger charge is 2.58. The van der Waals surface area contributed by atoms with Gasteiger partial charge in [0.25, 0.3) is 0 Å². The van der Waals surface area contributed by atoms with Gasteiger partial charge in [-0.25, -0.2) is 4.39 Å². The summed E-state index contributed by atoms with van der Waals surface area (Å²) < 4.78 is 93.7. The van der Waals surface area contributed by atoms with Gasteiger partial charge in [0, 0.05) is 8.80 Å². The second-order valence-electron chi connectivity index (χ2n) is 9.21. The average Bonchev–Trinajstić information content (AvgIpc) is 2.82. The molecule has 0 bridgehead atoms. The number of hydrogen-bond donors (Lipinski definition) is 0. The molecular weight excluding hydrogens is 489 g/mol. The molecule has 2 aromatic carbocycles. The third-order valence-corrected chi connectivity index (χ3v) is 9.66. The van der Waals surface area contributed by atoms with Gasteiger partial charge in [-0.3, -0.25) is 4.39 Å². The van der Waals surface area contributed by atoms with Crippen LogP contribution in [0, 0.1) is 11.7 Å². The van der Waals surface area contributed by atoms with Gasteiger partial charge in [0.1, 0.15) is 0 Å². The summed E-state index contributed by atoms with van der Waals surface area (Å²) in [6.07, 6.45) is 0.526. The van der Waals surface area contributed by atoms with Crippen LogP contribution in [-0.2, 0) is 6.42 Å². The SMILES string of the molecule is FCCCC[Si]1CCC(CCc2ccc(-c3ccc(OCC(F)(F)C(F)(F)F)c(F)c3)cc2)CC1. The minimum atomic E-state index is -5.76. The Balaban J connectivity index is 1.48. The summed E-state index contributed by atoms with van der Waals surface area (Å²) in [5.41, 5.74) is 2.35. The fourth-order valence-corrected chi connectivity index (χ4v) is 7.51. The van der Waals surface area contributed by atoms with Gasteiger partial charge in [0.2, 0.25) is 0 Å². The smallest absolute Gasteiger partial charge is 0.456 e. The number of unbranched alkanes of at least 4 members (excludes halogenated alkanes) is 1. The van der Waals surface area contributed by atoms with Crippen LogP contribution in [0.15, 0.2) is 42.5 Å². The Labute approximate surface area is 203 Å². The van der Waals surface area contributed by atoms with Crippen molar-refractivity contribution in [2.75, 3.05) is 13.3 Å². The molecule has 0 atom stereocenters. The average molecular weight is 520 g/mol. The largest absolute Gasteiger partial charge is 0.484 e. The molecule has 1 nitrogen and oxygen atoms in total. The van der Waals surface area contributed by atoms with Crippen LogP contribution >= 0.6 is 0 Å². The molecular formula is C26H30F7OSi. The molecule has 0 saturated carbocycles. The number of alkyl halides is 6. The molecule has 1 heterocycles. The van der Waals surface area contributed by atoms with E-state index in [2.05, 4.69) is 4.74 Å². The molecule has 1 fully saturated rings. The Morgan fingerprint density at radius 3 is 2.14 bits per heavy atom. The summed E-state index contributed by atoms with van der Waals surface area (Å²) in [5, 5.41) is 0. The first kappa shape index (κ1) is 27.6. The Morgan fingerprint density at radius 2 is 1.54 bits per heavy atom. The number of hydrogen-bond acceptors (Lipinski definition) is 1. The summed E-state index contributed by atoms with van der Waals surface area (Å²) in [5.74, 6) is -6.01. The predicted octanol–water partition coefficient (Wildman–Crippen LogP) is 8.66. The zero-order valence-corrected chi connectivity index (χ0v) is 20.5. The zero-order valence-electron chi connectivity index (χ0n) is 19.5. The van der Waals surface area contributed by atoms with Gasteiger partial charge in [-0.05, 0) is 54.0 Å². The normalized spacial score (nSPS) is 16.0. The molecule has 1 saturated heterocycles. The van der Waals surface area contributed by atoms with Crippen molar-refractivity contribution in [3.63, 3.8) is 0 Å². The van der Waals surface area contributed by atoms with Crippen molar-refractivity contribution >= 4 is 8.80 Å². The standard InChI is InChI=1S/C26H30F7OSi/c27-13-1-2-14-35-15-11-20(12-16-35)4-3-19-5-7-21(8-6-19)22-9-10-24(23(28)17-22)34-18-25(29,30)26(31,32)33/h5-10,17,20H,1-4,11-16,18H2. The maximum Gasteiger partial charge on any atom is 0.456 e. The van der Waals surface area contributed by atoms with Gasteiger partial charge in [0.05, 0.1) is 6.67 Å². The Kier molecular flexibility index (Phi) is 9.67. The highest BCUT2D eigenvalue weighted by atomic mass is 28.3. The van der Waals surface area contributed by atoms with Gasteiger partial charge >= 0.3 is 12.1 Å². The van der Waals surface area contributed by atoms with E-state index in [0.29, 0.717) is 17.5 Å². The Bertz CT molecular complexity index is 922. The fourth-order valence-electron chi connectivity index (χ4n) is 4.38. The second kappa shape index (κ2) is 12.3. The number of rotatable bonds is 11. The third kappa shape index (κ3) is 7.98. The molecule has 0 N–H and O–H groups in total. The molecule has 0 spiro atoms. The first-order valence-corrected chi connectivity index (χ1v) is 14.1. The number of benzene rings is 2. The van der Waals surface area contributed by atoms with Gasteiger partial charge in [-0.2, -0.15) is 22.0 Å². The number of halogens is 7. The van der Waals surface area contributed by atoms with E-state index in [0.717, 1.165) is 37.3 Å². The molecule has 35 heavy (non-hydrogen) atoms. The predicted molar refractivity (Wildman–Crippen MR) is 125 cm³/mol. The Morgan fingerprint density at radius 1 is 0.886 bits per heavy atom. The first-order chi connectivity index (χ1) is 16.6. The maximum atomic E-state index is 14.3. The van der Waals surface area contributed by atoms with E-state index < -0.39 is 30.3 Å². The van der Waals surface area contributed by atoms with Crippen LogP contribution in [-0.4, -0.2) is 34.2 Å². The van der Waals surface area contributed by atoms with E-state index >= 15 is 0 Å². The topological polar surface area (TPSA) is 9.23 Å². The highest BCUT2D eigenvalue weighted by Crippen LogP contribution is 2.36. The molecule has 0 aliphatic carbocycles. The quantitative estimate of drug-likeness (QED) is 0.164. The summed E-state index contributed by atoms with van der Waals surface area (Å²) in [6.45, 7) is -2.19. The second-order valence-corrected chi connectivity index (χ2v) is 12.2. The van der Waals surface area contributed by atoms with Crippen LogP contribution in [0.2, 0.25) is 18.1 Å². The van der Waals surface area contributed by atoms with Crippen molar-refractivity contribution in [3.8, 4) is 16.9 Å². The van der Waals surface area contributed by atoms with E-state index in [-0.39, 0.29) is 15.5 Å². The van der Waals surface area contributed by atoms with E-state index in [9.17, 15) is 30.7 Å². The number of ether oxygens (including phenoxy) is 1. The monoisotopic (exact) mass is 519 g/mol. The summed E-state index contributed by atoms with van der Waals surface area (Å²) in [4.78, 5) is 0. The molecule has 193 valence electrons. The van der Waals surface area contributed by atoms with E-state index in [1.807, 2.05) is 24.3 Å². The molecule has 1 aliphatic heterocycles. The van der Waals surface area contributed by atoms with Crippen molar-refractivity contribution < 1.29 is 35.5 Å². The highest BCUT2D eigenvalue weighted by molar-refractivity contribution is 6.58. The van der Waals surface area contributed by atoms with Crippen LogP contribution in [0.5, 0.6) is 5.75 Å². The minimum Gasteiger partial charge on any atom is -0.484 e. The van der Waals surface area contributed by atoms with E-state index in [1.165, 1.54) is 42.6 Å². The molecule has 1 radical (unpaired) electrons. The molecule has 2 aromatic rings. The summed E-state index contributed by atoms with van der Waals surface area (Å²) >= 11 is 0. The van der Waals surface area contributed by atoms with Crippen LogP contribution < -0.4 is 4.74 Å². The lowest BCUT2D eigenvalue weighted by Crippen LogP contribution is -2.41.